The van der Waals surface area contributed by atoms with E-state index in [0.717, 1.165) is 29.7 Å². The number of benzene rings is 2. The van der Waals surface area contributed by atoms with E-state index in [-0.39, 0.29) is 12.4 Å². The first-order valence-corrected chi connectivity index (χ1v) is 8.54. The number of carbonyl (C=O) groups is 2. The van der Waals surface area contributed by atoms with Gasteiger partial charge in [-0.25, -0.2) is 9.18 Å². The molecule has 2 rings (SSSR count). The van der Waals surface area contributed by atoms with Gasteiger partial charge in [0.05, 0.1) is 0 Å². The van der Waals surface area contributed by atoms with Crippen LogP contribution in [0.5, 0.6) is 0 Å². The molecule has 5 heteroatoms. The Hall–Kier alpha value is -2.95. The van der Waals surface area contributed by atoms with Crippen molar-refractivity contribution >= 4 is 23.6 Å². The third kappa shape index (κ3) is 5.55. The van der Waals surface area contributed by atoms with Crippen LogP contribution in [-0.4, -0.2) is 18.5 Å². The lowest BCUT2D eigenvalue weighted by atomic mass is 10.0. The summed E-state index contributed by atoms with van der Waals surface area (Å²) in [5.74, 6) is -1.45. The maximum atomic E-state index is 13.1. The van der Waals surface area contributed by atoms with Gasteiger partial charge in [0.25, 0.3) is 5.91 Å². The average Bonchev–Trinajstić information content (AvgIpc) is 2.65. The molecule has 0 atom stereocenters. The highest BCUT2D eigenvalue weighted by atomic mass is 19.1. The van der Waals surface area contributed by atoms with Crippen molar-refractivity contribution in [2.45, 2.75) is 26.7 Å². The number of ether oxygens (including phenoxy) is 1. The first-order chi connectivity index (χ1) is 12.5. The first kappa shape index (κ1) is 19.4. The number of nitrogens with one attached hydrogen (secondary N) is 1. The van der Waals surface area contributed by atoms with Gasteiger partial charge in [-0.2, -0.15) is 0 Å². The highest BCUT2D eigenvalue weighted by molar-refractivity contribution is 5.95. The fraction of sp³-hybridized carbons (Fsp3) is 0.238. The van der Waals surface area contributed by atoms with Crippen molar-refractivity contribution < 1.29 is 18.7 Å². The van der Waals surface area contributed by atoms with Gasteiger partial charge < -0.3 is 10.1 Å². The van der Waals surface area contributed by atoms with Crippen molar-refractivity contribution in [3.05, 3.63) is 71.0 Å². The van der Waals surface area contributed by atoms with Gasteiger partial charge in [0.2, 0.25) is 0 Å². The van der Waals surface area contributed by atoms with Crippen LogP contribution in [-0.2, 0) is 27.2 Å². The Morgan fingerprint density at radius 2 is 1.73 bits per heavy atom. The van der Waals surface area contributed by atoms with Crippen LogP contribution in [0.4, 0.5) is 10.1 Å². The van der Waals surface area contributed by atoms with E-state index in [2.05, 4.69) is 5.32 Å². The van der Waals surface area contributed by atoms with Crippen molar-refractivity contribution in [2.75, 3.05) is 11.9 Å². The van der Waals surface area contributed by atoms with Crippen molar-refractivity contribution in [3.8, 4) is 0 Å². The first-order valence-electron chi connectivity index (χ1n) is 8.54. The molecule has 2 aromatic rings. The zero-order chi connectivity index (χ0) is 18.9. The molecule has 0 spiro atoms. The number of aryl methyl sites for hydroxylation is 2. The van der Waals surface area contributed by atoms with Gasteiger partial charge in [0.15, 0.2) is 6.61 Å². The van der Waals surface area contributed by atoms with Gasteiger partial charge in [0, 0.05) is 11.8 Å². The van der Waals surface area contributed by atoms with Gasteiger partial charge in [-0.05, 0) is 47.7 Å². The fourth-order valence-electron chi connectivity index (χ4n) is 2.54. The van der Waals surface area contributed by atoms with Crippen LogP contribution in [0.25, 0.3) is 6.08 Å². The quantitative estimate of drug-likeness (QED) is 0.600. The summed E-state index contributed by atoms with van der Waals surface area (Å²) >= 11 is 0. The molecule has 0 aliphatic carbocycles. The Kier molecular flexibility index (Phi) is 7.09. The number of anilines is 1. The lowest BCUT2D eigenvalue weighted by Gasteiger charge is -2.14. The van der Waals surface area contributed by atoms with Crippen molar-refractivity contribution in [1.82, 2.24) is 0 Å². The van der Waals surface area contributed by atoms with Crippen LogP contribution >= 0.6 is 0 Å². The third-order valence-corrected chi connectivity index (χ3v) is 3.87. The minimum atomic E-state index is -0.663. The van der Waals surface area contributed by atoms with Gasteiger partial charge >= 0.3 is 5.97 Å². The molecule has 0 aromatic heterocycles. The molecule has 0 unspecified atom stereocenters. The molecular weight excluding hydrogens is 333 g/mol. The van der Waals surface area contributed by atoms with Gasteiger partial charge in [0.1, 0.15) is 5.82 Å². The lowest BCUT2D eigenvalue weighted by Crippen LogP contribution is -2.21. The van der Waals surface area contributed by atoms with Crippen LogP contribution < -0.4 is 5.32 Å². The van der Waals surface area contributed by atoms with E-state index in [4.69, 9.17) is 4.74 Å². The predicted octanol–water partition coefficient (Wildman–Crippen LogP) is 4.15. The normalized spacial score (nSPS) is 10.7. The maximum absolute atomic E-state index is 13.1. The molecule has 0 radical (unpaired) electrons. The maximum Gasteiger partial charge on any atom is 0.331 e. The second kappa shape index (κ2) is 9.51. The summed E-state index contributed by atoms with van der Waals surface area (Å²) in [5.41, 5.74) is 3.40. The van der Waals surface area contributed by atoms with Gasteiger partial charge in [-0.1, -0.05) is 44.2 Å². The fourth-order valence-corrected chi connectivity index (χ4v) is 2.54. The molecule has 0 aliphatic rings. The van der Waals surface area contributed by atoms with E-state index in [1.165, 1.54) is 24.3 Å². The molecule has 0 fully saturated rings. The summed E-state index contributed by atoms with van der Waals surface area (Å²) in [4.78, 5) is 23.8. The number of hydrogen-bond acceptors (Lipinski definition) is 3. The summed E-state index contributed by atoms with van der Waals surface area (Å²) in [6.45, 7) is 3.65. The summed E-state index contributed by atoms with van der Waals surface area (Å²) in [7, 11) is 0. The van der Waals surface area contributed by atoms with E-state index < -0.39 is 11.9 Å². The Labute approximate surface area is 152 Å². The van der Waals surface area contributed by atoms with E-state index in [9.17, 15) is 14.0 Å². The topological polar surface area (TPSA) is 55.4 Å². The molecule has 2 aromatic carbocycles. The largest absolute Gasteiger partial charge is 0.452 e. The van der Waals surface area contributed by atoms with Crippen LogP contribution in [0, 0.1) is 5.82 Å². The highest BCUT2D eigenvalue weighted by Gasteiger charge is 2.11. The SMILES string of the molecule is CCc1cccc(CC)c1NC(=O)COC(=O)C=Cc1cccc(F)c1. The number of halogens is 1. The third-order valence-electron chi connectivity index (χ3n) is 3.87. The number of carbonyl (C=O) groups excluding carboxylic acids is 2. The van der Waals surface area contributed by atoms with Crippen molar-refractivity contribution in [1.29, 1.82) is 0 Å². The van der Waals surface area contributed by atoms with E-state index in [0.29, 0.717) is 5.56 Å². The standard InChI is InChI=1S/C21H22FNO3/c1-3-16-8-6-9-17(4-2)21(16)23-19(24)14-26-20(25)12-11-15-7-5-10-18(22)13-15/h5-13H,3-4,14H2,1-2H3,(H,23,24). The molecule has 1 N–H and O–H groups in total. The number of hydrogen-bond donors (Lipinski definition) is 1. The zero-order valence-electron chi connectivity index (χ0n) is 14.9. The average molecular weight is 355 g/mol. The Morgan fingerprint density at radius 3 is 2.35 bits per heavy atom. The second-order valence-electron chi connectivity index (χ2n) is 5.70. The lowest BCUT2D eigenvalue weighted by molar-refractivity contribution is -0.142. The predicted molar refractivity (Wildman–Crippen MR) is 100 cm³/mol. The van der Waals surface area contributed by atoms with Crippen LogP contribution in [0.3, 0.4) is 0 Å². The van der Waals surface area contributed by atoms with E-state index in [1.807, 2.05) is 32.0 Å². The Balaban J connectivity index is 1.92. The molecule has 4 nitrogen and oxygen atoms in total. The summed E-state index contributed by atoms with van der Waals surface area (Å²) in [6.07, 6.45) is 4.18. The summed E-state index contributed by atoms with van der Waals surface area (Å²) in [6, 6.07) is 11.7. The van der Waals surface area contributed by atoms with E-state index >= 15 is 0 Å². The number of esters is 1. The minimum absolute atomic E-state index is 0.381. The van der Waals surface area contributed by atoms with Gasteiger partial charge in [-0.3, -0.25) is 4.79 Å². The molecular formula is C21H22FNO3. The Morgan fingerprint density at radius 1 is 1.08 bits per heavy atom. The monoisotopic (exact) mass is 355 g/mol. The smallest absolute Gasteiger partial charge is 0.331 e. The molecule has 0 saturated carbocycles. The molecule has 136 valence electrons. The minimum Gasteiger partial charge on any atom is -0.452 e. The Bertz CT molecular complexity index is 792. The summed E-state index contributed by atoms with van der Waals surface area (Å²) < 4.78 is 18.0. The molecule has 1 amide bonds. The second-order valence-corrected chi connectivity index (χ2v) is 5.70. The molecule has 0 bridgehead atoms. The molecule has 0 aliphatic heterocycles. The molecule has 0 saturated heterocycles. The number of amides is 1. The van der Waals surface area contributed by atoms with Crippen LogP contribution in [0.15, 0.2) is 48.5 Å². The van der Waals surface area contributed by atoms with Crippen molar-refractivity contribution in [2.24, 2.45) is 0 Å². The number of rotatable bonds is 7. The van der Waals surface area contributed by atoms with Gasteiger partial charge in [-0.15, -0.1) is 0 Å². The van der Waals surface area contributed by atoms with Crippen LogP contribution in [0.1, 0.15) is 30.5 Å². The molecule has 26 heavy (non-hydrogen) atoms. The zero-order valence-corrected chi connectivity index (χ0v) is 14.9. The highest BCUT2D eigenvalue weighted by Crippen LogP contribution is 2.22. The number of para-hydroxylation sites is 1. The van der Waals surface area contributed by atoms with Crippen molar-refractivity contribution in [3.63, 3.8) is 0 Å². The van der Waals surface area contributed by atoms with E-state index in [1.54, 1.807) is 12.1 Å². The summed E-state index contributed by atoms with van der Waals surface area (Å²) in [5, 5.41) is 2.83. The van der Waals surface area contributed by atoms with Crippen LogP contribution in [0.2, 0.25) is 0 Å². The molecule has 0 heterocycles.